The van der Waals surface area contributed by atoms with E-state index in [-0.39, 0.29) is 17.9 Å². The van der Waals surface area contributed by atoms with Gasteiger partial charge in [-0.05, 0) is 53.9 Å². The van der Waals surface area contributed by atoms with Crippen LogP contribution in [0, 0.1) is 5.82 Å². The first-order chi connectivity index (χ1) is 17.8. The molecule has 0 aliphatic carbocycles. The zero-order chi connectivity index (χ0) is 26.0. The van der Waals surface area contributed by atoms with E-state index in [0.29, 0.717) is 17.1 Å². The molecule has 11 heteroatoms. The minimum Gasteiger partial charge on any atom is -0.456 e. The summed E-state index contributed by atoms with van der Waals surface area (Å²) in [5, 5.41) is 3.01. The van der Waals surface area contributed by atoms with Crippen molar-refractivity contribution in [1.82, 2.24) is 9.29 Å². The molecule has 1 amide bonds. The summed E-state index contributed by atoms with van der Waals surface area (Å²) < 4.78 is 47.6. The Morgan fingerprint density at radius 1 is 1.05 bits per heavy atom. The van der Waals surface area contributed by atoms with Gasteiger partial charge in [0.25, 0.3) is 5.91 Å². The molecule has 0 saturated heterocycles. The summed E-state index contributed by atoms with van der Waals surface area (Å²) in [6.07, 6.45) is 0.179. The molecule has 1 aliphatic rings. The van der Waals surface area contributed by atoms with Crippen LogP contribution in [-0.4, -0.2) is 42.7 Å². The smallest absolute Gasteiger partial charge is 0.308 e. The molecule has 1 N–H and O–H groups in total. The first-order valence-corrected chi connectivity index (χ1v) is 13.7. The Bertz CT molecular complexity index is 1540. The molecule has 0 spiro atoms. The molecule has 37 heavy (non-hydrogen) atoms. The highest BCUT2D eigenvalue weighted by molar-refractivity contribution is 7.89. The van der Waals surface area contributed by atoms with Crippen LogP contribution in [0.5, 0.6) is 0 Å². The summed E-state index contributed by atoms with van der Waals surface area (Å²) in [6.45, 7) is -0.388. The molecule has 0 radical (unpaired) electrons. The zero-order valence-electron chi connectivity index (χ0n) is 19.5. The van der Waals surface area contributed by atoms with Crippen LogP contribution in [0.4, 0.5) is 9.52 Å². The highest BCUT2D eigenvalue weighted by Gasteiger charge is 2.38. The van der Waals surface area contributed by atoms with Crippen molar-refractivity contribution in [3.63, 3.8) is 0 Å². The molecule has 1 atom stereocenters. The Kier molecular flexibility index (Phi) is 7.00. The fraction of sp³-hybridized carbons (Fsp3) is 0.192. The van der Waals surface area contributed by atoms with E-state index in [1.807, 2.05) is 36.4 Å². The maximum absolute atomic E-state index is 13.4. The maximum atomic E-state index is 13.4. The molecule has 3 aromatic carbocycles. The van der Waals surface area contributed by atoms with Gasteiger partial charge < -0.3 is 4.74 Å². The molecule has 190 valence electrons. The second kappa shape index (κ2) is 10.4. The van der Waals surface area contributed by atoms with Gasteiger partial charge in [0.2, 0.25) is 10.0 Å². The minimum atomic E-state index is -4.03. The average Bonchev–Trinajstić information content (AvgIpc) is 3.30. The molecule has 0 saturated carbocycles. The molecule has 2 heterocycles. The third kappa shape index (κ3) is 5.38. The van der Waals surface area contributed by atoms with Gasteiger partial charge in [-0.2, -0.15) is 4.31 Å². The van der Waals surface area contributed by atoms with E-state index < -0.39 is 40.4 Å². The molecular formula is C26H22FN3O5S2. The number of carbonyl (C=O) groups is 2. The van der Waals surface area contributed by atoms with Crippen molar-refractivity contribution in [3.05, 3.63) is 89.7 Å². The number of halogens is 1. The molecule has 8 nitrogen and oxygen atoms in total. The number of para-hydroxylation sites is 1. The number of benzene rings is 3. The van der Waals surface area contributed by atoms with Gasteiger partial charge >= 0.3 is 5.97 Å². The largest absolute Gasteiger partial charge is 0.456 e. The van der Waals surface area contributed by atoms with E-state index in [1.54, 1.807) is 12.1 Å². The lowest BCUT2D eigenvalue weighted by molar-refractivity contribution is -0.148. The third-order valence-electron chi connectivity index (χ3n) is 6.05. The predicted molar refractivity (Wildman–Crippen MR) is 137 cm³/mol. The fourth-order valence-electron chi connectivity index (χ4n) is 4.31. The first kappa shape index (κ1) is 25.0. The van der Waals surface area contributed by atoms with Crippen LogP contribution < -0.4 is 5.32 Å². The van der Waals surface area contributed by atoms with Gasteiger partial charge in [0, 0.05) is 6.54 Å². The third-order valence-corrected chi connectivity index (χ3v) is 8.92. The number of hydrogen-bond donors (Lipinski definition) is 1. The molecule has 1 unspecified atom stereocenters. The SMILES string of the molecule is O=C(COC(=O)CC1c2ccccc2CCN1S(=O)(=O)c1ccc(F)cc1)Nc1nc2ccccc2s1. The van der Waals surface area contributed by atoms with Crippen LogP contribution in [0.15, 0.2) is 77.7 Å². The number of anilines is 1. The summed E-state index contributed by atoms with van der Waals surface area (Å²) in [4.78, 5) is 29.4. The maximum Gasteiger partial charge on any atom is 0.308 e. The van der Waals surface area contributed by atoms with Crippen molar-refractivity contribution in [3.8, 4) is 0 Å². The quantitative estimate of drug-likeness (QED) is 0.351. The number of carbonyl (C=O) groups excluding carboxylic acids is 2. The molecule has 1 aliphatic heterocycles. The molecule has 4 aromatic rings. The van der Waals surface area contributed by atoms with Gasteiger partial charge in [-0.25, -0.2) is 17.8 Å². The monoisotopic (exact) mass is 539 g/mol. The Morgan fingerprint density at radius 2 is 1.78 bits per heavy atom. The summed E-state index contributed by atoms with van der Waals surface area (Å²) >= 11 is 1.30. The highest BCUT2D eigenvalue weighted by Crippen LogP contribution is 2.36. The molecule has 0 bridgehead atoms. The van der Waals surface area contributed by atoms with Gasteiger partial charge in [0.1, 0.15) is 5.82 Å². The lowest BCUT2D eigenvalue weighted by atomic mass is 9.92. The number of hydrogen-bond acceptors (Lipinski definition) is 7. The van der Waals surface area contributed by atoms with E-state index in [1.165, 1.54) is 27.8 Å². The van der Waals surface area contributed by atoms with Crippen molar-refractivity contribution in [2.45, 2.75) is 23.8 Å². The molecule has 1 aromatic heterocycles. The summed E-state index contributed by atoms with van der Waals surface area (Å²) in [5.74, 6) is -1.82. The molecular weight excluding hydrogens is 517 g/mol. The van der Waals surface area contributed by atoms with Gasteiger partial charge in [0.05, 0.1) is 27.6 Å². The fourth-order valence-corrected chi connectivity index (χ4v) is 6.80. The topological polar surface area (TPSA) is 106 Å². The van der Waals surface area contributed by atoms with Gasteiger partial charge in [-0.3, -0.25) is 14.9 Å². The van der Waals surface area contributed by atoms with Crippen LogP contribution in [0.2, 0.25) is 0 Å². The normalized spacial score (nSPS) is 15.8. The number of fused-ring (bicyclic) bond motifs is 2. The van der Waals surface area contributed by atoms with Crippen molar-refractivity contribution >= 4 is 48.6 Å². The van der Waals surface area contributed by atoms with Gasteiger partial charge in [0.15, 0.2) is 11.7 Å². The van der Waals surface area contributed by atoms with E-state index >= 15 is 0 Å². The first-order valence-electron chi connectivity index (χ1n) is 11.5. The second-order valence-electron chi connectivity index (χ2n) is 8.43. The Balaban J connectivity index is 1.29. The standard InChI is InChI=1S/C26H22FN3O5S2/c27-18-9-11-19(12-10-18)37(33,34)30-14-13-17-5-1-2-6-20(17)22(30)15-25(32)35-16-24(31)29-26-28-21-7-3-4-8-23(21)36-26/h1-12,22H,13-16H2,(H,28,29,31). The summed E-state index contributed by atoms with van der Waals surface area (Å²) in [7, 11) is -4.03. The number of sulfonamides is 1. The minimum absolute atomic E-state index is 0.0677. The van der Waals surface area contributed by atoms with E-state index in [0.717, 1.165) is 27.9 Å². The number of esters is 1. The van der Waals surface area contributed by atoms with Crippen molar-refractivity contribution < 1.29 is 27.1 Å². The van der Waals surface area contributed by atoms with Crippen LogP contribution in [0.3, 0.4) is 0 Å². The van der Waals surface area contributed by atoms with E-state index in [2.05, 4.69) is 10.3 Å². The van der Waals surface area contributed by atoms with Gasteiger partial charge in [-0.15, -0.1) is 0 Å². The number of aromatic nitrogens is 1. The summed E-state index contributed by atoms with van der Waals surface area (Å²) in [5.41, 5.74) is 2.37. The number of nitrogens with zero attached hydrogens (tertiary/aromatic N) is 2. The lowest BCUT2D eigenvalue weighted by Crippen LogP contribution is -2.41. The van der Waals surface area contributed by atoms with E-state index in [9.17, 15) is 22.4 Å². The highest BCUT2D eigenvalue weighted by atomic mass is 32.2. The lowest BCUT2D eigenvalue weighted by Gasteiger charge is -2.36. The number of ether oxygens (including phenoxy) is 1. The van der Waals surface area contributed by atoms with Crippen LogP contribution >= 0.6 is 11.3 Å². The number of rotatable bonds is 7. The van der Waals surface area contributed by atoms with Crippen molar-refractivity contribution in [1.29, 1.82) is 0 Å². The van der Waals surface area contributed by atoms with Crippen molar-refractivity contribution in [2.75, 3.05) is 18.5 Å². The number of amides is 1. The van der Waals surface area contributed by atoms with E-state index in [4.69, 9.17) is 4.74 Å². The Morgan fingerprint density at radius 3 is 2.57 bits per heavy atom. The number of nitrogens with one attached hydrogen (secondary N) is 1. The average molecular weight is 540 g/mol. The molecule has 0 fully saturated rings. The predicted octanol–water partition coefficient (Wildman–Crippen LogP) is 4.30. The van der Waals surface area contributed by atoms with Crippen molar-refractivity contribution in [2.24, 2.45) is 0 Å². The second-order valence-corrected chi connectivity index (χ2v) is 11.4. The summed E-state index contributed by atoms with van der Waals surface area (Å²) in [6, 6.07) is 18.5. The van der Waals surface area contributed by atoms with Crippen LogP contribution in [-0.2, 0) is 30.8 Å². The zero-order valence-corrected chi connectivity index (χ0v) is 21.1. The van der Waals surface area contributed by atoms with Crippen LogP contribution in [0.25, 0.3) is 10.2 Å². The number of thiazole rings is 1. The Labute approximate surface area is 216 Å². The van der Waals surface area contributed by atoms with Gasteiger partial charge in [-0.1, -0.05) is 47.7 Å². The van der Waals surface area contributed by atoms with Crippen LogP contribution in [0.1, 0.15) is 23.6 Å². The Hall–Kier alpha value is -3.67. The molecule has 5 rings (SSSR count).